The van der Waals surface area contributed by atoms with Crippen LogP contribution in [0.2, 0.25) is 0 Å². The number of nitrogens with one attached hydrogen (secondary N) is 1. The molecule has 3 N–H and O–H groups in total. The van der Waals surface area contributed by atoms with E-state index in [1.54, 1.807) is 30.3 Å². The molecular weight excluding hydrogens is 446 g/mol. The summed E-state index contributed by atoms with van der Waals surface area (Å²) in [5, 5.41) is 30.2. The number of para-hydroxylation sites is 1. The first-order valence-electron chi connectivity index (χ1n) is 9.83. The number of nitro groups is 1. The number of rotatable bonds is 8. The van der Waals surface area contributed by atoms with Crippen molar-refractivity contribution >= 4 is 23.6 Å². The minimum atomic E-state index is -0.729. The van der Waals surface area contributed by atoms with Crippen molar-refractivity contribution in [2.24, 2.45) is 5.10 Å². The third-order valence-electron chi connectivity index (χ3n) is 4.50. The van der Waals surface area contributed by atoms with Gasteiger partial charge in [-0.3, -0.25) is 14.9 Å². The molecule has 0 unspecified atom stereocenters. The molecule has 0 spiro atoms. The van der Waals surface area contributed by atoms with Gasteiger partial charge in [0.2, 0.25) is 11.6 Å². The van der Waals surface area contributed by atoms with E-state index < -0.39 is 10.8 Å². The number of aromatic nitrogens is 5. The molecule has 0 atom stereocenters. The van der Waals surface area contributed by atoms with E-state index in [4.69, 9.17) is 10.5 Å². The van der Waals surface area contributed by atoms with Crippen molar-refractivity contribution in [3.8, 4) is 22.8 Å². The fourth-order valence-electron chi connectivity index (χ4n) is 3.06. The van der Waals surface area contributed by atoms with Gasteiger partial charge in [0.25, 0.3) is 11.6 Å². The number of nitrogens with zero attached hydrogens (tertiary/aromatic N) is 7. The van der Waals surface area contributed by atoms with Gasteiger partial charge in [-0.2, -0.15) is 9.78 Å². The first-order chi connectivity index (χ1) is 16.5. The van der Waals surface area contributed by atoms with Crippen molar-refractivity contribution in [3.05, 3.63) is 69.9 Å². The highest BCUT2D eigenvalue weighted by Gasteiger charge is 2.25. The third-order valence-corrected chi connectivity index (χ3v) is 4.50. The number of carbonyl (C=O) groups is 1. The van der Waals surface area contributed by atoms with Gasteiger partial charge in [0.15, 0.2) is 5.69 Å². The summed E-state index contributed by atoms with van der Waals surface area (Å²) in [6, 6.07) is 12.9. The normalized spacial score (nSPS) is 11.0. The molecule has 0 saturated carbocycles. The summed E-state index contributed by atoms with van der Waals surface area (Å²) >= 11 is 0. The summed E-state index contributed by atoms with van der Waals surface area (Å²) < 4.78 is 11.4. The average Bonchev–Trinajstić information content (AvgIpc) is 3.45. The maximum Gasteiger partial charge on any atom is 0.294 e. The highest BCUT2D eigenvalue weighted by Crippen LogP contribution is 2.29. The molecular formula is C20H17N9O5. The van der Waals surface area contributed by atoms with Gasteiger partial charge >= 0.3 is 0 Å². The largest absolute Gasteiger partial charge is 0.494 e. The second kappa shape index (κ2) is 9.56. The Balaban J connectivity index is 1.70. The van der Waals surface area contributed by atoms with Crippen LogP contribution in [0.5, 0.6) is 5.75 Å². The molecule has 1 amide bonds. The smallest absolute Gasteiger partial charge is 0.294 e. The number of hydrogen-bond acceptors (Lipinski definition) is 11. The standard InChI is InChI=1S/C20H17N9O5/c1-2-33-14-8-5-7-12(10-14)17-16(23-27-28(17)19-18(21)25-34-26-19)20(30)24-22-11-13-6-3-4-9-15(13)29(31)32/h3-11H,2H2,1H3,(H2,21,25)(H,24,30). The fourth-order valence-corrected chi connectivity index (χ4v) is 3.06. The molecule has 2 aromatic heterocycles. The van der Waals surface area contributed by atoms with E-state index in [0.29, 0.717) is 17.9 Å². The summed E-state index contributed by atoms with van der Waals surface area (Å²) in [6.45, 7) is 2.28. The summed E-state index contributed by atoms with van der Waals surface area (Å²) in [5.41, 5.74) is 8.79. The van der Waals surface area contributed by atoms with Crippen molar-refractivity contribution < 1.29 is 19.1 Å². The number of anilines is 1. The van der Waals surface area contributed by atoms with Crippen LogP contribution in [0.4, 0.5) is 11.5 Å². The molecule has 0 bridgehead atoms. The number of nitro benzene ring substituents is 1. The van der Waals surface area contributed by atoms with Gasteiger partial charge in [0.1, 0.15) is 11.4 Å². The van der Waals surface area contributed by atoms with E-state index in [1.807, 2.05) is 6.92 Å². The monoisotopic (exact) mass is 463 g/mol. The average molecular weight is 463 g/mol. The van der Waals surface area contributed by atoms with Crippen molar-refractivity contribution in [1.29, 1.82) is 0 Å². The van der Waals surface area contributed by atoms with Crippen molar-refractivity contribution in [2.75, 3.05) is 12.3 Å². The highest BCUT2D eigenvalue weighted by molar-refractivity contribution is 5.99. The molecule has 2 heterocycles. The Bertz CT molecular complexity index is 1380. The Morgan fingerprint density at radius 1 is 1.29 bits per heavy atom. The molecule has 0 aliphatic rings. The number of nitrogen functional groups attached to an aromatic ring is 1. The first kappa shape index (κ1) is 22.1. The zero-order chi connectivity index (χ0) is 24.1. The number of carbonyl (C=O) groups excluding carboxylic acids is 1. The Morgan fingerprint density at radius 2 is 2.12 bits per heavy atom. The molecule has 0 saturated heterocycles. The lowest BCUT2D eigenvalue weighted by molar-refractivity contribution is -0.385. The predicted molar refractivity (Wildman–Crippen MR) is 118 cm³/mol. The Labute approximate surface area is 191 Å². The maximum absolute atomic E-state index is 12.9. The molecule has 2 aromatic carbocycles. The van der Waals surface area contributed by atoms with Gasteiger partial charge in [-0.25, -0.2) is 10.1 Å². The molecule has 14 heteroatoms. The summed E-state index contributed by atoms with van der Waals surface area (Å²) in [7, 11) is 0. The Kier molecular flexibility index (Phi) is 6.20. The maximum atomic E-state index is 12.9. The van der Waals surface area contributed by atoms with Crippen LogP contribution in [0.15, 0.2) is 58.3 Å². The van der Waals surface area contributed by atoms with E-state index in [0.717, 1.165) is 6.21 Å². The molecule has 0 fully saturated rings. The van der Waals surface area contributed by atoms with E-state index in [-0.39, 0.29) is 34.3 Å². The minimum Gasteiger partial charge on any atom is -0.494 e. The van der Waals surface area contributed by atoms with E-state index in [9.17, 15) is 14.9 Å². The van der Waals surface area contributed by atoms with Crippen LogP contribution in [-0.4, -0.2) is 49.0 Å². The summed E-state index contributed by atoms with van der Waals surface area (Å²) in [6.07, 6.45) is 1.16. The van der Waals surface area contributed by atoms with E-state index in [1.165, 1.54) is 22.9 Å². The molecule has 0 radical (unpaired) electrons. The second-order valence-electron chi connectivity index (χ2n) is 6.65. The second-order valence-corrected chi connectivity index (χ2v) is 6.65. The molecule has 14 nitrogen and oxygen atoms in total. The fraction of sp³-hybridized carbons (Fsp3) is 0.100. The Hall–Kier alpha value is -5.14. The van der Waals surface area contributed by atoms with Crippen LogP contribution in [0, 0.1) is 10.1 Å². The summed E-state index contributed by atoms with van der Waals surface area (Å²) in [4.78, 5) is 23.5. The van der Waals surface area contributed by atoms with Crippen LogP contribution < -0.4 is 15.9 Å². The van der Waals surface area contributed by atoms with Crippen LogP contribution >= 0.6 is 0 Å². The SMILES string of the molecule is CCOc1cccc(-c2c(C(=O)NN=Cc3ccccc3[N+](=O)[O-])nnn2-c2nonc2N)c1. The number of hydrazone groups is 1. The van der Waals surface area contributed by atoms with Gasteiger partial charge in [0, 0.05) is 11.6 Å². The molecule has 34 heavy (non-hydrogen) atoms. The molecule has 172 valence electrons. The first-order valence-corrected chi connectivity index (χ1v) is 9.83. The van der Waals surface area contributed by atoms with Gasteiger partial charge < -0.3 is 10.5 Å². The van der Waals surface area contributed by atoms with Gasteiger partial charge in [0.05, 0.1) is 23.3 Å². The Morgan fingerprint density at radius 3 is 2.85 bits per heavy atom. The number of nitrogens with two attached hydrogens (primary N) is 1. The lowest BCUT2D eigenvalue weighted by Gasteiger charge is -2.08. The van der Waals surface area contributed by atoms with Crippen molar-refractivity contribution in [2.45, 2.75) is 6.92 Å². The van der Waals surface area contributed by atoms with E-state index in [2.05, 4.69) is 35.8 Å². The topological polar surface area (TPSA) is 189 Å². The quantitative estimate of drug-likeness (QED) is 0.222. The molecule has 0 aliphatic heterocycles. The van der Waals surface area contributed by atoms with Crippen molar-refractivity contribution in [1.82, 2.24) is 30.7 Å². The molecule has 4 aromatic rings. The third kappa shape index (κ3) is 4.40. The van der Waals surface area contributed by atoms with Gasteiger partial charge in [-0.05, 0) is 35.4 Å². The van der Waals surface area contributed by atoms with Crippen LogP contribution in [-0.2, 0) is 0 Å². The number of ether oxygens (including phenoxy) is 1. The lowest BCUT2D eigenvalue weighted by atomic mass is 10.1. The minimum absolute atomic E-state index is 0.0341. The van der Waals surface area contributed by atoms with E-state index >= 15 is 0 Å². The van der Waals surface area contributed by atoms with Crippen LogP contribution in [0.1, 0.15) is 23.0 Å². The lowest BCUT2D eigenvalue weighted by Crippen LogP contribution is -2.19. The molecule has 0 aliphatic carbocycles. The highest BCUT2D eigenvalue weighted by atomic mass is 16.6. The zero-order valence-electron chi connectivity index (χ0n) is 17.7. The van der Waals surface area contributed by atoms with Crippen molar-refractivity contribution in [3.63, 3.8) is 0 Å². The molecule has 4 rings (SSSR count). The predicted octanol–water partition coefficient (Wildman–Crippen LogP) is 1.97. The zero-order valence-corrected chi connectivity index (χ0v) is 17.7. The number of hydrogen-bond donors (Lipinski definition) is 2. The number of amides is 1. The van der Waals surface area contributed by atoms with Gasteiger partial charge in [-0.15, -0.1) is 5.10 Å². The summed E-state index contributed by atoms with van der Waals surface area (Å²) in [5.74, 6) is -0.201. The van der Waals surface area contributed by atoms with Crippen LogP contribution in [0.3, 0.4) is 0 Å². The number of benzene rings is 2. The van der Waals surface area contributed by atoms with Gasteiger partial charge in [-0.1, -0.05) is 29.5 Å². The van der Waals surface area contributed by atoms with Crippen LogP contribution in [0.25, 0.3) is 17.1 Å².